The molecule has 0 aliphatic heterocycles. The topological polar surface area (TPSA) is 106 Å². The van der Waals surface area contributed by atoms with Crippen molar-refractivity contribution < 1.29 is 14.7 Å². The summed E-state index contributed by atoms with van der Waals surface area (Å²) in [5.74, 6) is 10.1. The molecule has 28 heavy (non-hydrogen) atoms. The van der Waals surface area contributed by atoms with Crippen LogP contribution in [-0.2, 0) is 4.79 Å². The number of hydrogen-bond donors (Lipinski definition) is 3. The molecule has 5 heteroatoms. The van der Waals surface area contributed by atoms with Crippen LogP contribution in [0.5, 0.6) is 0 Å². The third kappa shape index (κ3) is 6.10. The highest BCUT2D eigenvalue weighted by Crippen LogP contribution is 2.15. The van der Waals surface area contributed by atoms with Crippen molar-refractivity contribution in [3.8, 4) is 23.7 Å². The number of ketones is 2. The number of anilines is 1. The Balaban J connectivity index is 2.03. The van der Waals surface area contributed by atoms with E-state index in [1.165, 1.54) is 0 Å². The first-order valence-corrected chi connectivity index (χ1v) is 8.80. The van der Waals surface area contributed by atoms with E-state index in [4.69, 9.17) is 16.6 Å². The van der Waals surface area contributed by atoms with Crippen molar-refractivity contribution in [3.63, 3.8) is 0 Å². The second-order valence-corrected chi connectivity index (χ2v) is 6.42. The normalized spacial score (nSPS) is 12.0. The molecular formula is C23H22N2O3. The van der Waals surface area contributed by atoms with Crippen LogP contribution >= 0.6 is 0 Å². The molecule has 2 atom stereocenters. The third-order valence-electron chi connectivity index (χ3n) is 4.20. The molecule has 0 heterocycles. The molecule has 0 amide bonds. The molecule has 5 nitrogen and oxygen atoms in total. The van der Waals surface area contributed by atoms with E-state index in [1.807, 2.05) is 12.1 Å². The van der Waals surface area contributed by atoms with Crippen molar-refractivity contribution in [3.05, 3.63) is 65.2 Å². The second kappa shape index (κ2) is 10.1. The highest BCUT2D eigenvalue weighted by Gasteiger charge is 2.25. The first-order chi connectivity index (χ1) is 13.4. The summed E-state index contributed by atoms with van der Waals surface area (Å²) in [6.07, 6.45) is -0.0326. The Morgan fingerprint density at radius 1 is 0.964 bits per heavy atom. The van der Waals surface area contributed by atoms with Gasteiger partial charge in [-0.2, -0.15) is 0 Å². The van der Waals surface area contributed by atoms with Gasteiger partial charge in [0.05, 0.1) is 0 Å². The smallest absolute Gasteiger partial charge is 0.163 e. The molecule has 2 rings (SSSR count). The Bertz CT molecular complexity index is 953. The molecule has 0 fully saturated rings. The van der Waals surface area contributed by atoms with Crippen molar-refractivity contribution in [1.82, 2.24) is 0 Å². The van der Waals surface area contributed by atoms with Crippen LogP contribution in [0.3, 0.4) is 0 Å². The predicted molar refractivity (Wildman–Crippen MR) is 109 cm³/mol. The SMILES string of the molecule is C[C@@H](N)[C@H](CC(=O)c1ccc(C#CC#Cc2ccc(N)cc2)cc1)C(=O)CO. The van der Waals surface area contributed by atoms with Gasteiger partial charge in [0.2, 0.25) is 0 Å². The minimum Gasteiger partial charge on any atom is -0.399 e. The molecule has 0 saturated heterocycles. The van der Waals surface area contributed by atoms with Crippen molar-refractivity contribution in [2.24, 2.45) is 11.7 Å². The molecule has 142 valence electrons. The van der Waals surface area contributed by atoms with E-state index >= 15 is 0 Å². The lowest BCUT2D eigenvalue weighted by molar-refractivity contribution is -0.126. The van der Waals surface area contributed by atoms with Gasteiger partial charge in [-0.25, -0.2) is 0 Å². The van der Waals surface area contributed by atoms with Gasteiger partial charge < -0.3 is 16.6 Å². The van der Waals surface area contributed by atoms with Gasteiger partial charge in [-0.1, -0.05) is 24.0 Å². The Morgan fingerprint density at radius 3 is 1.93 bits per heavy atom. The highest BCUT2D eigenvalue weighted by atomic mass is 16.3. The van der Waals surface area contributed by atoms with Crippen LogP contribution < -0.4 is 11.5 Å². The van der Waals surface area contributed by atoms with E-state index in [9.17, 15) is 9.59 Å². The largest absolute Gasteiger partial charge is 0.399 e. The van der Waals surface area contributed by atoms with Crippen molar-refractivity contribution >= 4 is 17.3 Å². The van der Waals surface area contributed by atoms with Crippen LogP contribution in [0, 0.1) is 29.6 Å². The number of carbonyl (C=O) groups excluding carboxylic acids is 2. The number of aliphatic hydroxyl groups excluding tert-OH is 1. The zero-order valence-corrected chi connectivity index (χ0v) is 15.6. The maximum Gasteiger partial charge on any atom is 0.163 e. The lowest BCUT2D eigenvalue weighted by atomic mass is 9.89. The third-order valence-corrected chi connectivity index (χ3v) is 4.20. The van der Waals surface area contributed by atoms with Crippen molar-refractivity contribution in [1.29, 1.82) is 0 Å². The van der Waals surface area contributed by atoms with Crippen LogP contribution in [0.4, 0.5) is 5.69 Å². The predicted octanol–water partition coefficient (Wildman–Crippen LogP) is 1.77. The molecule has 2 aromatic rings. The average Bonchev–Trinajstić information content (AvgIpc) is 2.70. The lowest BCUT2D eigenvalue weighted by Crippen LogP contribution is -2.36. The van der Waals surface area contributed by atoms with Gasteiger partial charge in [0.25, 0.3) is 0 Å². The monoisotopic (exact) mass is 374 g/mol. The van der Waals surface area contributed by atoms with Gasteiger partial charge in [0, 0.05) is 40.8 Å². The van der Waals surface area contributed by atoms with Gasteiger partial charge in [-0.15, -0.1) is 0 Å². The summed E-state index contributed by atoms with van der Waals surface area (Å²) in [6.45, 7) is 1.03. The summed E-state index contributed by atoms with van der Waals surface area (Å²) >= 11 is 0. The first-order valence-electron chi connectivity index (χ1n) is 8.80. The molecule has 0 aromatic heterocycles. The van der Waals surface area contributed by atoms with Gasteiger partial charge in [0.1, 0.15) is 6.61 Å². The summed E-state index contributed by atoms with van der Waals surface area (Å²) in [4.78, 5) is 24.1. The number of Topliss-reactive ketones (excluding diaryl/α,β-unsaturated/α-hetero) is 2. The molecule has 0 aliphatic rings. The quantitative estimate of drug-likeness (QED) is 0.406. The zero-order valence-electron chi connectivity index (χ0n) is 15.6. The zero-order chi connectivity index (χ0) is 20.5. The highest BCUT2D eigenvalue weighted by molar-refractivity contribution is 5.99. The number of hydrogen-bond acceptors (Lipinski definition) is 5. The number of nitrogen functional groups attached to an aromatic ring is 1. The lowest BCUT2D eigenvalue weighted by Gasteiger charge is -2.17. The number of rotatable bonds is 6. The van der Waals surface area contributed by atoms with Gasteiger partial charge in [0.15, 0.2) is 11.6 Å². The Kier molecular flexibility index (Phi) is 7.54. The standard InChI is InChI=1S/C23H22N2O3/c1-16(24)21(23(28)15-26)14-22(27)19-10-6-17(7-11-19)4-2-3-5-18-8-12-20(25)13-9-18/h6-13,16,21,26H,14-15,24-25H2,1H3/t16-,21+/m1/s1. The molecular weight excluding hydrogens is 352 g/mol. The minimum atomic E-state index is -0.694. The van der Waals surface area contributed by atoms with Crippen molar-refractivity contribution in [2.75, 3.05) is 12.3 Å². The van der Waals surface area contributed by atoms with Crippen LogP contribution in [0.1, 0.15) is 34.8 Å². The molecule has 2 aromatic carbocycles. The summed E-state index contributed by atoms with van der Waals surface area (Å²) in [6, 6.07) is 13.4. The summed E-state index contributed by atoms with van der Waals surface area (Å²) in [7, 11) is 0. The van der Waals surface area contributed by atoms with Gasteiger partial charge in [-0.3, -0.25) is 9.59 Å². The first kappa shape index (κ1) is 20.9. The Morgan fingerprint density at radius 2 is 1.46 bits per heavy atom. The number of nitrogens with two attached hydrogens (primary N) is 2. The molecule has 0 radical (unpaired) electrons. The van der Waals surface area contributed by atoms with Crippen LogP contribution in [-0.4, -0.2) is 29.3 Å². The van der Waals surface area contributed by atoms with E-state index < -0.39 is 24.3 Å². The van der Waals surface area contributed by atoms with Gasteiger partial charge >= 0.3 is 0 Å². The summed E-state index contributed by atoms with van der Waals surface area (Å²) in [5.41, 5.74) is 14.1. The fourth-order valence-corrected chi connectivity index (χ4v) is 2.54. The second-order valence-electron chi connectivity index (χ2n) is 6.42. The van der Waals surface area contributed by atoms with E-state index in [2.05, 4.69) is 23.7 Å². The molecule has 0 unspecified atom stereocenters. The maximum absolute atomic E-state index is 12.4. The van der Waals surface area contributed by atoms with Crippen molar-refractivity contribution in [2.45, 2.75) is 19.4 Å². The summed E-state index contributed by atoms with van der Waals surface area (Å²) < 4.78 is 0. The minimum absolute atomic E-state index is 0.0326. The molecule has 0 saturated carbocycles. The molecule has 0 bridgehead atoms. The van der Waals surface area contributed by atoms with Crippen LogP contribution in [0.15, 0.2) is 48.5 Å². The molecule has 0 spiro atoms. The van der Waals surface area contributed by atoms with E-state index in [0.717, 1.165) is 11.1 Å². The molecule has 0 aliphatic carbocycles. The number of carbonyl (C=O) groups is 2. The van der Waals surface area contributed by atoms with Gasteiger partial charge in [-0.05, 0) is 55.2 Å². The number of aliphatic hydroxyl groups is 1. The van der Waals surface area contributed by atoms with E-state index in [1.54, 1.807) is 43.3 Å². The Hall–Kier alpha value is -3.38. The Labute approximate surface area is 164 Å². The average molecular weight is 374 g/mol. The fraction of sp³-hybridized carbons (Fsp3) is 0.217. The maximum atomic E-state index is 12.4. The van der Waals surface area contributed by atoms with Crippen LogP contribution in [0.2, 0.25) is 0 Å². The van der Waals surface area contributed by atoms with E-state index in [0.29, 0.717) is 11.3 Å². The van der Waals surface area contributed by atoms with Crippen LogP contribution in [0.25, 0.3) is 0 Å². The van der Waals surface area contributed by atoms with E-state index in [-0.39, 0.29) is 12.2 Å². The fourth-order valence-electron chi connectivity index (χ4n) is 2.54. The molecule has 5 N–H and O–H groups in total. The number of benzene rings is 2. The summed E-state index contributed by atoms with van der Waals surface area (Å²) in [5, 5.41) is 9.01.